The largest absolute Gasteiger partial charge is 0.467 e. The molecule has 0 saturated carbocycles. The molecule has 7 heteroatoms. The van der Waals surface area contributed by atoms with E-state index in [1.54, 1.807) is 12.1 Å². The Morgan fingerprint density at radius 1 is 1.21 bits per heavy atom. The number of aryl methyl sites for hydroxylation is 1. The zero-order chi connectivity index (χ0) is 17.6. The zero-order valence-corrected chi connectivity index (χ0v) is 14.7. The van der Waals surface area contributed by atoms with Crippen LogP contribution in [0, 0.1) is 6.92 Å². The van der Waals surface area contributed by atoms with Gasteiger partial charge in [0.25, 0.3) is 0 Å². The van der Waals surface area contributed by atoms with Crippen LogP contribution in [0.4, 0.5) is 0 Å². The van der Waals surface area contributed by atoms with E-state index in [1.165, 1.54) is 10.6 Å². The first kappa shape index (κ1) is 18.2. The number of amides is 1. The number of hydrogen-bond donors (Lipinski definition) is 1. The Morgan fingerprint density at radius 3 is 2.58 bits per heavy atom. The maximum atomic E-state index is 12.0. The van der Waals surface area contributed by atoms with Gasteiger partial charge in [0.2, 0.25) is 15.9 Å². The summed E-state index contributed by atoms with van der Waals surface area (Å²) in [7, 11) is -3.40. The van der Waals surface area contributed by atoms with Gasteiger partial charge in [0.1, 0.15) is 5.76 Å². The van der Waals surface area contributed by atoms with E-state index in [1.807, 2.05) is 31.2 Å². The topological polar surface area (TPSA) is 79.6 Å². The summed E-state index contributed by atoms with van der Waals surface area (Å²) in [6, 6.07) is 11.1. The van der Waals surface area contributed by atoms with E-state index in [2.05, 4.69) is 5.32 Å². The third-order valence-corrected chi connectivity index (χ3v) is 4.95. The molecule has 0 fully saturated rings. The van der Waals surface area contributed by atoms with Crippen molar-refractivity contribution in [1.29, 1.82) is 0 Å². The summed E-state index contributed by atoms with van der Waals surface area (Å²) in [6.07, 6.45) is 2.79. The Kier molecular flexibility index (Phi) is 6.16. The van der Waals surface area contributed by atoms with Gasteiger partial charge in [0.05, 0.1) is 19.1 Å². The minimum absolute atomic E-state index is 0.0969. The molecule has 1 N–H and O–H groups in total. The Balaban J connectivity index is 1.92. The third kappa shape index (κ3) is 5.50. The predicted octanol–water partition coefficient (Wildman–Crippen LogP) is 2.06. The van der Waals surface area contributed by atoms with E-state index in [0.29, 0.717) is 12.3 Å². The Bertz CT molecular complexity index is 770. The molecule has 2 aromatic rings. The van der Waals surface area contributed by atoms with Gasteiger partial charge in [0.15, 0.2) is 0 Å². The minimum Gasteiger partial charge on any atom is -0.467 e. The molecule has 0 radical (unpaired) electrons. The average Bonchev–Trinajstić information content (AvgIpc) is 3.03. The fourth-order valence-corrected chi connectivity index (χ4v) is 3.05. The molecule has 1 aromatic heterocycles. The highest BCUT2D eigenvalue weighted by atomic mass is 32.2. The molecule has 1 heterocycles. The monoisotopic (exact) mass is 350 g/mol. The van der Waals surface area contributed by atoms with Gasteiger partial charge in [-0.1, -0.05) is 24.3 Å². The van der Waals surface area contributed by atoms with Gasteiger partial charge in [-0.05, 0) is 30.2 Å². The maximum absolute atomic E-state index is 12.0. The summed E-state index contributed by atoms with van der Waals surface area (Å²) in [5.74, 6) is 0.438. The molecule has 1 aromatic carbocycles. The molecular formula is C17H22N2O4S. The molecule has 0 aliphatic heterocycles. The zero-order valence-electron chi connectivity index (χ0n) is 13.9. The number of carbonyl (C=O) groups excluding carboxylic acids is 1. The average molecular weight is 350 g/mol. The molecule has 0 saturated heterocycles. The second-order valence-electron chi connectivity index (χ2n) is 5.63. The molecule has 0 aliphatic rings. The van der Waals surface area contributed by atoms with Crippen LogP contribution in [0.5, 0.6) is 0 Å². The van der Waals surface area contributed by atoms with Gasteiger partial charge in [-0.15, -0.1) is 0 Å². The van der Waals surface area contributed by atoms with Crippen molar-refractivity contribution in [2.75, 3.05) is 12.8 Å². The number of hydrogen-bond acceptors (Lipinski definition) is 4. The van der Waals surface area contributed by atoms with Crippen molar-refractivity contribution >= 4 is 15.9 Å². The Morgan fingerprint density at radius 2 is 1.96 bits per heavy atom. The lowest BCUT2D eigenvalue weighted by atomic mass is 10.1. The molecule has 0 aliphatic carbocycles. The molecule has 0 spiro atoms. The van der Waals surface area contributed by atoms with E-state index in [0.717, 1.165) is 17.4 Å². The summed E-state index contributed by atoms with van der Waals surface area (Å²) >= 11 is 0. The number of sulfonamides is 1. The molecule has 0 atom stereocenters. The van der Waals surface area contributed by atoms with Crippen LogP contribution in [0.1, 0.15) is 23.3 Å². The van der Waals surface area contributed by atoms with Gasteiger partial charge in [-0.25, -0.2) is 8.42 Å². The van der Waals surface area contributed by atoms with Crippen molar-refractivity contribution < 1.29 is 17.6 Å². The van der Waals surface area contributed by atoms with Crippen molar-refractivity contribution in [3.05, 3.63) is 59.5 Å². The highest BCUT2D eigenvalue weighted by Crippen LogP contribution is 2.13. The SMILES string of the molecule is Cc1ccccc1CN(CCC(=O)NCc1ccco1)S(C)(=O)=O. The molecular weight excluding hydrogens is 328 g/mol. The first-order valence-electron chi connectivity index (χ1n) is 7.65. The first-order valence-corrected chi connectivity index (χ1v) is 9.50. The fraction of sp³-hybridized carbons (Fsp3) is 0.353. The lowest BCUT2D eigenvalue weighted by molar-refractivity contribution is -0.121. The molecule has 24 heavy (non-hydrogen) atoms. The third-order valence-electron chi connectivity index (χ3n) is 3.71. The summed E-state index contributed by atoms with van der Waals surface area (Å²) in [5.41, 5.74) is 1.95. The second-order valence-corrected chi connectivity index (χ2v) is 7.61. The molecule has 1 amide bonds. The van der Waals surface area contributed by atoms with E-state index < -0.39 is 10.0 Å². The fourth-order valence-electron chi connectivity index (χ4n) is 2.25. The molecule has 2 rings (SSSR count). The summed E-state index contributed by atoms with van der Waals surface area (Å²) in [5, 5.41) is 2.71. The molecule has 0 bridgehead atoms. The van der Waals surface area contributed by atoms with Crippen molar-refractivity contribution in [3.63, 3.8) is 0 Å². The van der Waals surface area contributed by atoms with Gasteiger partial charge >= 0.3 is 0 Å². The highest BCUT2D eigenvalue weighted by Gasteiger charge is 2.19. The van der Waals surface area contributed by atoms with Gasteiger partial charge in [-0.2, -0.15) is 4.31 Å². The van der Waals surface area contributed by atoms with Crippen molar-refractivity contribution in [2.24, 2.45) is 0 Å². The van der Waals surface area contributed by atoms with E-state index >= 15 is 0 Å². The smallest absolute Gasteiger partial charge is 0.221 e. The van der Waals surface area contributed by atoms with Crippen molar-refractivity contribution in [2.45, 2.75) is 26.4 Å². The summed E-state index contributed by atoms with van der Waals surface area (Å²) in [4.78, 5) is 11.9. The number of carbonyl (C=O) groups is 1. The van der Waals surface area contributed by atoms with Gasteiger partial charge < -0.3 is 9.73 Å². The second kappa shape index (κ2) is 8.12. The summed E-state index contributed by atoms with van der Waals surface area (Å²) < 4.78 is 30.4. The van der Waals surface area contributed by atoms with Crippen LogP contribution in [0.2, 0.25) is 0 Å². The van der Waals surface area contributed by atoms with Crippen LogP contribution >= 0.6 is 0 Å². The quantitative estimate of drug-likeness (QED) is 0.790. The minimum atomic E-state index is -3.40. The van der Waals surface area contributed by atoms with Crippen LogP contribution in [0.15, 0.2) is 47.1 Å². The maximum Gasteiger partial charge on any atom is 0.221 e. The van der Waals surface area contributed by atoms with Gasteiger partial charge in [0, 0.05) is 19.5 Å². The number of rotatable bonds is 8. The van der Waals surface area contributed by atoms with E-state index in [9.17, 15) is 13.2 Å². The lowest BCUT2D eigenvalue weighted by Crippen LogP contribution is -2.34. The van der Waals surface area contributed by atoms with Crippen LogP contribution in [-0.2, 0) is 27.9 Å². The number of nitrogens with zero attached hydrogens (tertiary/aromatic N) is 1. The number of furan rings is 1. The van der Waals surface area contributed by atoms with Gasteiger partial charge in [-0.3, -0.25) is 4.79 Å². The van der Waals surface area contributed by atoms with E-state index in [4.69, 9.17) is 4.42 Å². The van der Waals surface area contributed by atoms with E-state index in [-0.39, 0.29) is 25.4 Å². The number of benzene rings is 1. The van der Waals surface area contributed by atoms with Crippen LogP contribution in [0.3, 0.4) is 0 Å². The first-order chi connectivity index (χ1) is 11.4. The van der Waals surface area contributed by atoms with Crippen molar-refractivity contribution in [3.8, 4) is 0 Å². The predicted molar refractivity (Wildman–Crippen MR) is 91.6 cm³/mol. The van der Waals surface area contributed by atoms with Crippen LogP contribution in [-0.4, -0.2) is 31.4 Å². The Hall–Kier alpha value is -2.12. The molecule has 6 nitrogen and oxygen atoms in total. The summed E-state index contributed by atoms with van der Waals surface area (Å²) in [6.45, 7) is 2.63. The molecule has 130 valence electrons. The van der Waals surface area contributed by atoms with Crippen LogP contribution in [0.25, 0.3) is 0 Å². The normalized spacial score (nSPS) is 11.6. The standard InChI is InChI=1S/C17H22N2O4S/c1-14-6-3-4-7-15(14)13-19(24(2,21)22)10-9-17(20)18-12-16-8-5-11-23-16/h3-8,11H,9-10,12-13H2,1-2H3,(H,18,20). The molecule has 0 unspecified atom stereocenters. The lowest BCUT2D eigenvalue weighted by Gasteiger charge is -2.20. The number of nitrogens with one attached hydrogen (secondary N) is 1. The van der Waals surface area contributed by atoms with Crippen molar-refractivity contribution in [1.82, 2.24) is 9.62 Å². The Labute approximate surface area is 142 Å². The van der Waals surface area contributed by atoms with Crippen LogP contribution < -0.4 is 5.32 Å². The highest BCUT2D eigenvalue weighted by molar-refractivity contribution is 7.88.